The zero-order chi connectivity index (χ0) is 17.2. The molecule has 0 spiro atoms. The van der Waals surface area contributed by atoms with Gasteiger partial charge in [-0.05, 0) is 54.4 Å². The van der Waals surface area contributed by atoms with Gasteiger partial charge >= 0.3 is 12.1 Å². The van der Waals surface area contributed by atoms with Crippen LogP contribution in [0.4, 0.5) is 4.79 Å². The van der Waals surface area contributed by atoms with Gasteiger partial charge in [-0.1, -0.05) is 0 Å². The van der Waals surface area contributed by atoms with Gasteiger partial charge < -0.3 is 20.1 Å². The molecule has 0 saturated carbocycles. The number of nitrogens with two attached hydrogens (primary N) is 1. The van der Waals surface area contributed by atoms with E-state index >= 15 is 0 Å². The summed E-state index contributed by atoms with van der Waals surface area (Å²) >= 11 is 0. The molecule has 0 bridgehead atoms. The third kappa shape index (κ3) is 6.64. The standard InChI is InChI=1S/C16H30N2O4/c1-14(2,3)21-12(19)11-16(17)7-9-18(10-8-16)13(20)22-15(4,5)6/h7-11,17H2,1-6H3. The molecule has 1 heterocycles. The first kappa shape index (κ1) is 18.7. The van der Waals surface area contributed by atoms with Crippen LogP contribution in [0.1, 0.15) is 60.8 Å². The molecule has 1 rings (SSSR count). The zero-order valence-corrected chi connectivity index (χ0v) is 14.7. The Balaban J connectivity index is 2.49. The lowest BCUT2D eigenvalue weighted by atomic mass is 9.85. The molecule has 0 aromatic carbocycles. The van der Waals surface area contributed by atoms with Gasteiger partial charge in [0.25, 0.3) is 0 Å². The lowest BCUT2D eigenvalue weighted by Gasteiger charge is -2.39. The van der Waals surface area contributed by atoms with Gasteiger partial charge in [0.1, 0.15) is 11.2 Å². The van der Waals surface area contributed by atoms with E-state index in [0.717, 1.165) is 0 Å². The van der Waals surface area contributed by atoms with E-state index in [1.807, 2.05) is 41.5 Å². The minimum absolute atomic E-state index is 0.173. The van der Waals surface area contributed by atoms with Crippen molar-refractivity contribution >= 4 is 12.1 Å². The van der Waals surface area contributed by atoms with E-state index in [0.29, 0.717) is 25.9 Å². The lowest BCUT2D eigenvalue weighted by molar-refractivity contribution is -0.156. The molecule has 6 heteroatoms. The molecule has 1 aliphatic heterocycles. The van der Waals surface area contributed by atoms with Crippen molar-refractivity contribution in [3.8, 4) is 0 Å². The Kier molecular flexibility index (Phi) is 5.49. The molecule has 1 saturated heterocycles. The maximum atomic E-state index is 12.0. The first-order valence-corrected chi connectivity index (χ1v) is 7.78. The maximum absolute atomic E-state index is 12.0. The molecule has 1 amide bonds. The molecule has 22 heavy (non-hydrogen) atoms. The van der Waals surface area contributed by atoms with Gasteiger partial charge in [-0.15, -0.1) is 0 Å². The summed E-state index contributed by atoms with van der Waals surface area (Å²) in [6.07, 6.45) is 0.968. The third-order valence-corrected chi connectivity index (χ3v) is 3.33. The van der Waals surface area contributed by atoms with Gasteiger partial charge in [0.15, 0.2) is 0 Å². The fourth-order valence-corrected chi connectivity index (χ4v) is 2.30. The molecule has 0 unspecified atom stereocenters. The van der Waals surface area contributed by atoms with Crippen molar-refractivity contribution < 1.29 is 19.1 Å². The fourth-order valence-electron chi connectivity index (χ4n) is 2.30. The van der Waals surface area contributed by atoms with E-state index in [1.165, 1.54) is 0 Å². The van der Waals surface area contributed by atoms with Crippen LogP contribution in [0.15, 0.2) is 0 Å². The number of carbonyl (C=O) groups is 2. The van der Waals surface area contributed by atoms with Gasteiger partial charge in [-0.2, -0.15) is 0 Å². The summed E-state index contributed by atoms with van der Waals surface area (Å²) in [5.41, 5.74) is 4.66. The van der Waals surface area contributed by atoms with Crippen LogP contribution in [-0.2, 0) is 14.3 Å². The summed E-state index contributed by atoms with van der Waals surface area (Å²) in [4.78, 5) is 25.6. The van der Waals surface area contributed by atoms with Crippen molar-refractivity contribution in [3.63, 3.8) is 0 Å². The number of hydrogen-bond acceptors (Lipinski definition) is 5. The summed E-state index contributed by atoms with van der Waals surface area (Å²) in [6, 6.07) is 0. The highest BCUT2D eigenvalue weighted by Gasteiger charge is 2.36. The minimum atomic E-state index is -0.610. The number of amides is 1. The predicted octanol–water partition coefficient (Wildman–Crippen LogP) is 2.45. The van der Waals surface area contributed by atoms with Gasteiger partial charge in [0, 0.05) is 18.6 Å². The molecule has 0 aliphatic carbocycles. The summed E-state index contributed by atoms with van der Waals surface area (Å²) in [5.74, 6) is -0.291. The second kappa shape index (κ2) is 6.44. The first-order valence-electron chi connectivity index (χ1n) is 7.78. The van der Waals surface area contributed by atoms with Crippen LogP contribution in [0.25, 0.3) is 0 Å². The molecule has 1 fully saturated rings. The number of carbonyl (C=O) groups excluding carboxylic acids is 2. The average Bonchev–Trinajstić information content (AvgIpc) is 2.23. The van der Waals surface area contributed by atoms with Crippen LogP contribution < -0.4 is 5.73 Å². The van der Waals surface area contributed by atoms with Crippen molar-refractivity contribution in [1.82, 2.24) is 4.90 Å². The van der Waals surface area contributed by atoms with E-state index in [4.69, 9.17) is 15.2 Å². The van der Waals surface area contributed by atoms with Crippen LogP contribution in [0.2, 0.25) is 0 Å². The molecule has 0 aromatic heterocycles. The smallest absolute Gasteiger partial charge is 0.410 e. The van der Waals surface area contributed by atoms with Crippen molar-refractivity contribution in [2.75, 3.05) is 13.1 Å². The van der Waals surface area contributed by atoms with Gasteiger partial charge in [0.2, 0.25) is 0 Å². The van der Waals surface area contributed by atoms with Crippen molar-refractivity contribution in [2.24, 2.45) is 5.73 Å². The largest absolute Gasteiger partial charge is 0.460 e. The molecule has 1 aliphatic rings. The lowest BCUT2D eigenvalue weighted by Crippen LogP contribution is -2.53. The SMILES string of the molecule is CC(C)(C)OC(=O)CC1(N)CCN(C(=O)OC(C)(C)C)CC1. The molecule has 0 atom stereocenters. The predicted molar refractivity (Wildman–Crippen MR) is 84.4 cm³/mol. The highest BCUT2D eigenvalue weighted by molar-refractivity contribution is 5.72. The Labute approximate surface area is 133 Å². The molecule has 2 N–H and O–H groups in total. The van der Waals surface area contributed by atoms with Crippen molar-refractivity contribution in [1.29, 1.82) is 0 Å². The second-order valence-corrected chi connectivity index (χ2v) is 8.09. The Bertz CT molecular complexity index is 413. The van der Waals surface area contributed by atoms with E-state index in [-0.39, 0.29) is 18.5 Å². The number of rotatable bonds is 2. The molecule has 0 radical (unpaired) electrons. The van der Waals surface area contributed by atoms with E-state index in [9.17, 15) is 9.59 Å². The summed E-state index contributed by atoms with van der Waals surface area (Å²) < 4.78 is 10.7. The van der Waals surface area contributed by atoms with Gasteiger partial charge in [0.05, 0.1) is 6.42 Å². The Morgan fingerprint density at radius 2 is 1.45 bits per heavy atom. The molecular formula is C16H30N2O4. The number of likely N-dealkylation sites (tertiary alicyclic amines) is 1. The van der Waals surface area contributed by atoms with Crippen LogP contribution in [0, 0.1) is 0 Å². The number of ether oxygens (including phenoxy) is 2. The number of nitrogens with zero attached hydrogens (tertiary/aromatic N) is 1. The van der Waals surface area contributed by atoms with Gasteiger partial charge in [-0.25, -0.2) is 4.79 Å². The van der Waals surface area contributed by atoms with Crippen LogP contribution in [0.5, 0.6) is 0 Å². The van der Waals surface area contributed by atoms with Crippen LogP contribution >= 0.6 is 0 Å². The quantitative estimate of drug-likeness (QED) is 0.792. The number of esters is 1. The molecule has 0 aromatic rings. The van der Waals surface area contributed by atoms with E-state index in [2.05, 4.69) is 0 Å². The monoisotopic (exact) mass is 314 g/mol. The summed E-state index contributed by atoms with van der Waals surface area (Å²) in [5, 5.41) is 0. The molecular weight excluding hydrogens is 284 g/mol. The van der Waals surface area contributed by atoms with Crippen LogP contribution in [-0.4, -0.2) is 46.8 Å². The normalized spacial score (nSPS) is 18.8. The van der Waals surface area contributed by atoms with Crippen LogP contribution in [0.3, 0.4) is 0 Å². The maximum Gasteiger partial charge on any atom is 0.410 e. The molecule has 128 valence electrons. The van der Waals surface area contributed by atoms with E-state index in [1.54, 1.807) is 4.90 Å². The number of hydrogen-bond donors (Lipinski definition) is 1. The minimum Gasteiger partial charge on any atom is -0.460 e. The zero-order valence-electron chi connectivity index (χ0n) is 14.7. The molecule has 6 nitrogen and oxygen atoms in total. The second-order valence-electron chi connectivity index (χ2n) is 8.09. The van der Waals surface area contributed by atoms with Gasteiger partial charge in [-0.3, -0.25) is 4.79 Å². The highest BCUT2D eigenvalue weighted by atomic mass is 16.6. The summed E-state index contributed by atoms with van der Waals surface area (Å²) in [7, 11) is 0. The number of piperidine rings is 1. The third-order valence-electron chi connectivity index (χ3n) is 3.33. The first-order chi connectivity index (χ1) is 9.80. The van der Waals surface area contributed by atoms with Crippen molar-refractivity contribution in [3.05, 3.63) is 0 Å². The topological polar surface area (TPSA) is 81.9 Å². The Hall–Kier alpha value is -1.30. The average molecular weight is 314 g/mol. The fraction of sp³-hybridized carbons (Fsp3) is 0.875. The Morgan fingerprint density at radius 1 is 1.00 bits per heavy atom. The summed E-state index contributed by atoms with van der Waals surface area (Å²) in [6.45, 7) is 12.0. The van der Waals surface area contributed by atoms with E-state index < -0.39 is 16.7 Å². The Morgan fingerprint density at radius 3 is 1.86 bits per heavy atom. The highest BCUT2D eigenvalue weighted by Crippen LogP contribution is 2.25. The van der Waals surface area contributed by atoms with Crippen molar-refractivity contribution in [2.45, 2.75) is 77.5 Å².